The van der Waals surface area contributed by atoms with Crippen LogP contribution in [0.5, 0.6) is 5.75 Å². The minimum Gasteiger partial charge on any atom is -0.444 e. The fourth-order valence-electron chi connectivity index (χ4n) is 3.32. The number of carbonyl (C=O) groups excluding carboxylic acids is 2. The summed E-state index contributed by atoms with van der Waals surface area (Å²) in [4.78, 5) is 29.2. The van der Waals surface area contributed by atoms with Gasteiger partial charge in [-0.25, -0.2) is 4.79 Å². The van der Waals surface area contributed by atoms with Gasteiger partial charge in [-0.3, -0.25) is 4.79 Å². The lowest BCUT2D eigenvalue weighted by molar-refractivity contribution is -0.131. The highest BCUT2D eigenvalue weighted by Crippen LogP contribution is 2.40. The van der Waals surface area contributed by atoms with Crippen LogP contribution in [-0.2, 0) is 16.0 Å². The van der Waals surface area contributed by atoms with Gasteiger partial charge in [-0.15, -0.1) is 0 Å². The van der Waals surface area contributed by atoms with Gasteiger partial charge in [0.2, 0.25) is 0 Å². The molecule has 6 heteroatoms. The molecular weight excluding hydrogens is 320 g/mol. The van der Waals surface area contributed by atoms with Crippen molar-refractivity contribution in [3.8, 4) is 5.75 Å². The van der Waals surface area contributed by atoms with E-state index in [1.165, 1.54) is 6.92 Å². The van der Waals surface area contributed by atoms with Crippen LogP contribution in [-0.4, -0.2) is 34.1 Å². The molecule has 0 spiro atoms. The van der Waals surface area contributed by atoms with Crippen LogP contribution in [0, 0.1) is 0 Å². The molecule has 0 saturated heterocycles. The van der Waals surface area contributed by atoms with Crippen LogP contribution in [0.25, 0.3) is 10.9 Å². The monoisotopic (exact) mass is 344 g/mol. The third kappa shape index (κ3) is 3.34. The lowest BCUT2D eigenvalue weighted by Gasteiger charge is -2.31. The van der Waals surface area contributed by atoms with Gasteiger partial charge in [0.25, 0.3) is 0 Å². The first-order valence-corrected chi connectivity index (χ1v) is 8.48. The maximum Gasteiger partial charge on any atom is 0.410 e. The highest BCUT2D eigenvalue weighted by Gasteiger charge is 2.33. The number of rotatable bonds is 1. The summed E-state index contributed by atoms with van der Waals surface area (Å²) in [5, 5.41) is 1.03. The van der Waals surface area contributed by atoms with Gasteiger partial charge in [-0.2, -0.15) is 0 Å². The molecule has 1 aromatic heterocycles. The number of aromatic nitrogens is 1. The Bertz CT molecular complexity index is 832. The first-order valence-electron chi connectivity index (χ1n) is 8.48. The number of esters is 1. The Balaban J connectivity index is 2.08. The second-order valence-electron chi connectivity index (χ2n) is 7.41. The number of H-pyrrole nitrogens is 1. The fourth-order valence-corrected chi connectivity index (χ4v) is 3.32. The van der Waals surface area contributed by atoms with E-state index in [9.17, 15) is 9.59 Å². The lowest BCUT2D eigenvalue weighted by atomic mass is 10.00. The third-order valence-electron chi connectivity index (χ3n) is 4.32. The first kappa shape index (κ1) is 17.3. The fraction of sp³-hybridized carbons (Fsp3) is 0.474. The molecule has 6 nitrogen and oxygen atoms in total. The van der Waals surface area contributed by atoms with Crippen molar-refractivity contribution in [3.63, 3.8) is 0 Å². The molecule has 1 amide bonds. The second-order valence-corrected chi connectivity index (χ2v) is 7.41. The van der Waals surface area contributed by atoms with E-state index in [1.54, 1.807) is 11.0 Å². The molecule has 3 rings (SSSR count). The average molecular weight is 344 g/mol. The first-order chi connectivity index (χ1) is 11.7. The van der Waals surface area contributed by atoms with Crippen molar-refractivity contribution >= 4 is 23.0 Å². The molecule has 0 radical (unpaired) electrons. The molecule has 1 unspecified atom stereocenters. The molecule has 25 heavy (non-hydrogen) atoms. The predicted octanol–water partition coefficient (Wildman–Crippen LogP) is 3.95. The topological polar surface area (TPSA) is 71.6 Å². The molecule has 2 heterocycles. The van der Waals surface area contributed by atoms with Crippen LogP contribution >= 0.6 is 0 Å². The molecule has 0 saturated carbocycles. The summed E-state index contributed by atoms with van der Waals surface area (Å²) in [6.45, 7) is 9.40. The highest BCUT2D eigenvalue weighted by atomic mass is 16.6. The molecule has 1 N–H and O–H groups in total. The van der Waals surface area contributed by atoms with Crippen LogP contribution < -0.4 is 4.74 Å². The summed E-state index contributed by atoms with van der Waals surface area (Å²) in [5.41, 5.74) is 2.35. The zero-order valence-corrected chi connectivity index (χ0v) is 15.3. The van der Waals surface area contributed by atoms with Gasteiger partial charge >= 0.3 is 12.1 Å². The number of amides is 1. The summed E-state index contributed by atoms with van der Waals surface area (Å²) in [6.07, 6.45) is 2.30. The van der Waals surface area contributed by atoms with E-state index in [-0.39, 0.29) is 18.1 Å². The van der Waals surface area contributed by atoms with Crippen LogP contribution in [0.15, 0.2) is 18.3 Å². The summed E-state index contributed by atoms with van der Waals surface area (Å²) in [6, 6.07) is 3.40. The zero-order chi connectivity index (χ0) is 18.4. The Labute approximate surface area is 147 Å². The van der Waals surface area contributed by atoms with Crippen LogP contribution in [0.4, 0.5) is 4.79 Å². The lowest BCUT2D eigenvalue weighted by Crippen LogP contribution is -2.39. The van der Waals surface area contributed by atoms with Gasteiger partial charge in [0, 0.05) is 36.1 Å². The number of benzene rings is 1. The Morgan fingerprint density at radius 3 is 2.64 bits per heavy atom. The maximum atomic E-state index is 12.7. The summed E-state index contributed by atoms with van der Waals surface area (Å²) < 4.78 is 11.0. The number of carbonyl (C=O) groups is 2. The van der Waals surface area contributed by atoms with E-state index >= 15 is 0 Å². The van der Waals surface area contributed by atoms with Crippen LogP contribution in [0.3, 0.4) is 0 Å². The number of hydrogen-bond donors (Lipinski definition) is 1. The van der Waals surface area contributed by atoms with Gasteiger partial charge in [0.05, 0.1) is 6.04 Å². The highest BCUT2D eigenvalue weighted by molar-refractivity contribution is 5.91. The molecule has 134 valence electrons. The molecule has 1 atom stereocenters. The smallest absolute Gasteiger partial charge is 0.410 e. The van der Waals surface area contributed by atoms with Gasteiger partial charge < -0.3 is 19.4 Å². The molecule has 0 fully saturated rings. The van der Waals surface area contributed by atoms with Crippen molar-refractivity contribution in [3.05, 3.63) is 29.5 Å². The Hall–Kier alpha value is -2.50. The van der Waals surface area contributed by atoms with E-state index in [1.807, 2.05) is 40.0 Å². The predicted molar refractivity (Wildman–Crippen MR) is 94.7 cm³/mol. The number of nitrogens with zero attached hydrogens (tertiary/aromatic N) is 1. The minimum absolute atomic E-state index is 0.273. The van der Waals surface area contributed by atoms with Crippen molar-refractivity contribution in [1.82, 2.24) is 9.88 Å². The summed E-state index contributed by atoms with van der Waals surface area (Å²) in [5.74, 6) is 0.108. The van der Waals surface area contributed by atoms with Crippen LogP contribution in [0.2, 0.25) is 0 Å². The maximum absolute atomic E-state index is 12.7. The Morgan fingerprint density at radius 2 is 2.00 bits per heavy atom. The van der Waals surface area contributed by atoms with E-state index in [0.717, 1.165) is 22.0 Å². The number of nitrogens with one attached hydrogen (secondary N) is 1. The van der Waals surface area contributed by atoms with Crippen molar-refractivity contribution in [2.45, 2.75) is 52.7 Å². The minimum atomic E-state index is -0.566. The molecule has 0 bridgehead atoms. The SMILES string of the molecule is CC(=O)Oc1ccc2[nH]cc3c2c1C(C)N(C(=O)OC(C)(C)C)CC3. The standard InChI is InChI=1S/C19H24N2O4/c1-11-16-15(24-12(2)22)7-6-14-17(16)13(10-20-14)8-9-21(11)18(23)25-19(3,4)5/h6-7,10-11,20H,8-9H2,1-5H3. The number of hydrogen-bond acceptors (Lipinski definition) is 4. The van der Waals surface area contributed by atoms with Crippen LogP contribution in [0.1, 0.15) is 51.8 Å². The van der Waals surface area contributed by atoms with E-state index < -0.39 is 5.60 Å². The van der Waals surface area contributed by atoms with E-state index in [4.69, 9.17) is 9.47 Å². The number of aromatic amines is 1. The van der Waals surface area contributed by atoms with E-state index in [0.29, 0.717) is 18.7 Å². The van der Waals surface area contributed by atoms with Crippen molar-refractivity contribution in [1.29, 1.82) is 0 Å². The zero-order valence-electron chi connectivity index (χ0n) is 15.3. The molecule has 0 aliphatic carbocycles. The third-order valence-corrected chi connectivity index (χ3v) is 4.32. The van der Waals surface area contributed by atoms with Crippen molar-refractivity contribution in [2.24, 2.45) is 0 Å². The largest absolute Gasteiger partial charge is 0.444 e. The van der Waals surface area contributed by atoms with Gasteiger partial charge in [0.15, 0.2) is 0 Å². The Kier molecular flexibility index (Phi) is 4.22. The van der Waals surface area contributed by atoms with E-state index in [2.05, 4.69) is 4.98 Å². The summed E-state index contributed by atoms with van der Waals surface area (Å²) in [7, 11) is 0. The van der Waals surface area contributed by atoms with Gasteiger partial charge in [0.1, 0.15) is 11.4 Å². The molecule has 1 aliphatic heterocycles. The van der Waals surface area contributed by atoms with Gasteiger partial charge in [-0.05, 0) is 51.8 Å². The summed E-state index contributed by atoms with van der Waals surface area (Å²) >= 11 is 0. The van der Waals surface area contributed by atoms with Crippen molar-refractivity contribution < 1.29 is 19.1 Å². The number of ether oxygens (including phenoxy) is 2. The normalized spacial score (nSPS) is 17.3. The van der Waals surface area contributed by atoms with Gasteiger partial charge in [-0.1, -0.05) is 0 Å². The molecule has 1 aromatic carbocycles. The quantitative estimate of drug-likeness (QED) is 0.628. The molecule has 2 aromatic rings. The average Bonchev–Trinajstić information content (AvgIpc) is 2.81. The Morgan fingerprint density at radius 1 is 1.28 bits per heavy atom. The second kappa shape index (κ2) is 6.10. The molecule has 1 aliphatic rings. The van der Waals surface area contributed by atoms with Crippen molar-refractivity contribution in [2.75, 3.05) is 6.54 Å². The molecular formula is C19H24N2O4.